The van der Waals surface area contributed by atoms with Gasteiger partial charge in [0, 0.05) is 26.2 Å². The lowest BCUT2D eigenvalue weighted by molar-refractivity contribution is -0.134. The van der Waals surface area contributed by atoms with Crippen LogP contribution in [-0.2, 0) is 17.8 Å². The van der Waals surface area contributed by atoms with E-state index in [0.29, 0.717) is 24.3 Å². The number of hydrogen-bond donors (Lipinski definition) is 0. The molecule has 1 fully saturated rings. The van der Waals surface area contributed by atoms with Crippen molar-refractivity contribution in [1.82, 2.24) is 9.80 Å². The largest absolute Gasteiger partial charge is 0.337 e. The van der Waals surface area contributed by atoms with Gasteiger partial charge < -0.3 is 4.90 Å². The molecule has 3 heteroatoms. The highest BCUT2D eigenvalue weighted by atomic mass is 16.2. The van der Waals surface area contributed by atoms with Crippen molar-refractivity contribution in [1.29, 1.82) is 0 Å². The number of rotatable bonds is 2. The Kier molecular flexibility index (Phi) is 4.29. The van der Waals surface area contributed by atoms with E-state index in [4.69, 9.17) is 0 Å². The van der Waals surface area contributed by atoms with Gasteiger partial charge in [-0.25, -0.2) is 0 Å². The molecule has 1 aromatic rings. The molecule has 1 amide bonds. The number of amides is 1. The fraction of sp³-hybridized carbons (Fsp3) is 0.611. The molecule has 1 saturated heterocycles. The van der Waals surface area contributed by atoms with Gasteiger partial charge in [-0.3, -0.25) is 9.69 Å². The Morgan fingerprint density at radius 3 is 2.52 bits per heavy atom. The van der Waals surface area contributed by atoms with Gasteiger partial charge in [-0.05, 0) is 35.8 Å². The number of carbonyl (C=O) groups is 1. The van der Waals surface area contributed by atoms with Crippen LogP contribution in [0.1, 0.15) is 31.4 Å². The maximum Gasteiger partial charge on any atom is 0.237 e. The molecule has 0 saturated carbocycles. The Bertz CT molecular complexity index is 504. The monoisotopic (exact) mass is 286 g/mol. The van der Waals surface area contributed by atoms with Crippen molar-refractivity contribution >= 4 is 5.91 Å². The van der Waals surface area contributed by atoms with E-state index in [9.17, 15) is 4.79 Å². The van der Waals surface area contributed by atoms with Crippen molar-refractivity contribution in [2.45, 2.75) is 33.2 Å². The molecule has 2 atom stereocenters. The summed E-state index contributed by atoms with van der Waals surface area (Å²) in [6, 6.07) is 8.50. The predicted molar refractivity (Wildman–Crippen MR) is 84.9 cm³/mol. The molecule has 2 unspecified atom stereocenters. The Morgan fingerprint density at radius 1 is 1.14 bits per heavy atom. The molecule has 21 heavy (non-hydrogen) atoms. The van der Waals surface area contributed by atoms with Crippen molar-refractivity contribution in [2.24, 2.45) is 11.8 Å². The molecule has 0 radical (unpaired) electrons. The van der Waals surface area contributed by atoms with Crippen LogP contribution in [0.2, 0.25) is 0 Å². The zero-order valence-corrected chi connectivity index (χ0v) is 13.2. The van der Waals surface area contributed by atoms with E-state index in [1.54, 1.807) is 0 Å². The van der Waals surface area contributed by atoms with Crippen LogP contribution in [0.15, 0.2) is 24.3 Å². The Balaban J connectivity index is 1.59. The summed E-state index contributed by atoms with van der Waals surface area (Å²) in [6.45, 7) is 8.98. The fourth-order valence-corrected chi connectivity index (χ4v) is 3.92. The molecule has 2 aliphatic rings. The third-order valence-electron chi connectivity index (χ3n) is 4.79. The quantitative estimate of drug-likeness (QED) is 0.834. The van der Waals surface area contributed by atoms with Gasteiger partial charge in [0.2, 0.25) is 5.91 Å². The van der Waals surface area contributed by atoms with Crippen LogP contribution in [-0.4, -0.2) is 41.9 Å². The van der Waals surface area contributed by atoms with Crippen LogP contribution in [0.4, 0.5) is 0 Å². The summed E-state index contributed by atoms with van der Waals surface area (Å²) in [5.74, 6) is 1.72. The Morgan fingerprint density at radius 2 is 1.81 bits per heavy atom. The zero-order chi connectivity index (χ0) is 14.8. The SMILES string of the molecule is CC1CC(C)CN(CC(=O)N2CCc3ccccc3C2)C1. The lowest BCUT2D eigenvalue weighted by atomic mass is 9.92. The first-order chi connectivity index (χ1) is 10.1. The smallest absolute Gasteiger partial charge is 0.237 e. The lowest BCUT2D eigenvalue weighted by Crippen LogP contribution is -2.46. The topological polar surface area (TPSA) is 23.6 Å². The lowest BCUT2D eigenvalue weighted by Gasteiger charge is -2.36. The van der Waals surface area contributed by atoms with Crippen LogP contribution in [0.25, 0.3) is 0 Å². The summed E-state index contributed by atoms with van der Waals surface area (Å²) in [6.07, 6.45) is 2.29. The van der Waals surface area contributed by atoms with Crippen molar-refractivity contribution in [3.05, 3.63) is 35.4 Å². The minimum Gasteiger partial charge on any atom is -0.337 e. The predicted octanol–water partition coefficient (Wildman–Crippen LogP) is 2.55. The van der Waals surface area contributed by atoms with E-state index in [1.807, 2.05) is 4.90 Å². The van der Waals surface area contributed by atoms with Crippen LogP contribution < -0.4 is 0 Å². The van der Waals surface area contributed by atoms with Crippen molar-refractivity contribution < 1.29 is 4.79 Å². The standard InChI is InChI=1S/C18H26N2O/c1-14-9-15(2)11-19(10-14)13-18(21)20-8-7-16-5-3-4-6-17(16)12-20/h3-6,14-15H,7-13H2,1-2H3. The summed E-state index contributed by atoms with van der Waals surface area (Å²) in [4.78, 5) is 17.0. The molecular weight excluding hydrogens is 260 g/mol. The molecule has 0 spiro atoms. The second kappa shape index (κ2) is 6.18. The number of piperidine rings is 1. The van der Waals surface area contributed by atoms with Crippen molar-refractivity contribution in [3.8, 4) is 0 Å². The van der Waals surface area contributed by atoms with Crippen LogP contribution in [0.5, 0.6) is 0 Å². The molecule has 2 heterocycles. The fourth-order valence-electron chi connectivity index (χ4n) is 3.92. The summed E-state index contributed by atoms with van der Waals surface area (Å²) in [5.41, 5.74) is 2.72. The van der Waals surface area contributed by atoms with E-state index < -0.39 is 0 Å². The Labute approximate surface area is 127 Å². The molecule has 0 aromatic heterocycles. The summed E-state index contributed by atoms with van der Waals surface area (Å²) in [5, 5.41) is 0. The highest BCUT2D eigenvalue weighted by molar-refractivity contribution is 5.78. The van der Waals surface area contributed by atoms with E-state index >= 15 is 0 Å². The Hall–Kier alpha value is -1.35. The second-order valence-corrected chi connectivity index (χ2v) is 6.97. The van der Waals surface area contributed by atoms with Crippen LogP contribution >= 0.6 is 0 Å². The molecule has 1 aromatic carbocycles. The van der Waals surface area contributed by atoms with Gasteiger partial charge in [-0.2, -0.15) is 0 Å². The first-order valence-electron chi connectivity index (χ1n) is 8.18. The highest BCUT2D eigenvalue weighted by Gasteiger charge is 2.26. The third kappa shape index (κ3) is 3.46. The number of hydrogen-bond acceptors (Lipinski definition) is 2. The third-order valence-corrected chi connectivity index (χ3v) is 4.79. The summed E-state index contributed by atoms with van der Waals surface area (Å²) >= 11 is 0. The molecule has 0 aliphatic carbocycles. The molecular formula is C18H26N2O. The summed E-state index contributed by atoms with van der Waals surface area (Å²) < 4.78 is 0. The van der Waals surface area contributed by atoms with Crippen LogP contribution in [0, 0.1) is 11.8 Å². The van der Waals surface area contributed by atoms with Crippen LogP contribution in [0.3, 0.4) is 0 Å². The molecule has 2 aliphatic heterocycles. The summed E-state index contributed by atoms with van der Waals surface area (Å²) in [7, 11) is 0. The highest BCUT2D eigenvalue weighted by Crippen LogP contribution is 2.22. The molecule has 3 nitrogen and oxygen atoms in total. The van der Waals surface area contributed by atoms with Gasteiger partial charge in [0.1, 0.15) is 0 Å². The zero-order valence-electron chi connectivity index (χ0n) is 13.2. The van der Waals surface area contributed by atoms with E-state index in [0.717, 1.165) is 32.6 Å². The minimum absolute atomic E-state index is 0.297. The number of benzene rings is 1. The average Bonchev–Trinajstić information content (AvgIpc) is 2.45. The number of carbonyl (C=O) groups excluding carboxylic acids is 1. The van der Waals surface area contributed by atoms with Gasteiger partial charge in [0.25, 0.3) is 0 Å². The number of likely N-dealkylation sites (tertiary alicyclic amines) is 1. The maximum absolute atomic E-state index is 12.6. The molecule has 0 bridgehead atoms. The maximum atomic E-state index is 12.6. The van der Waals surface area contributed by atoms with Gasteiger partial charge in [0.15, 0.2) is 0 Å². The number of fused-ring (bicyclic) bond motifs is 1. The van der Waals surface area contributed by atoms with Gasteiger partial charge in [-0.1, -0.05) is 38.1 Å². The second-order valence-electron chi connectivity index (χ2n) is 6.97. The van der Waals surface area contributed by atoms with Gasteiger partial charge >= 0.3 is 0 Å². The van der Waals surface area contributed by atoms with Gasteiger partial charge in [0.05, 0.1) is 6.54 Å². The van der Waals surface area contributed by atoms with Crippen molar-refractivity contribution in [2.75, 3.05) is 26.2 Å². The molecule has 114 valence electrons. The molecule has 3 rings (SSSR count). The number of nitrogens with zero attached hydrogens (tertiary/aromatic N) is 2. The molecule has 0 N–H and O–H groups in total. The van der Waals surface area contributed by atoms with Gasteiger partial charge in [-0.15, -0.1) is 0 Å². The minimum atomic E-state index is 0.297. The van der Waals surface area contributed by atoms with E-state index in [-0.39, 0.29) is 0 Å². The first-order valence-corrected chi connectivity index (χ1v) is 8.18. The normalized spacial score (nSPS) is 26.5. The first kappa shape index (κ1) is 14.6. The van der Waals surface area contributed by atoms with Crippen molar-refractivity contribution in [3.63, 3.8) is 0 Å². The average molecular weight is 286 g/mol. The van der Waals surface area contributed by atoms with E-state index in [1.165, 1.54) is 17.5 Å². The van der Waals surface area contributed by atoms with E-state index in [2.05, 4.69) is 43.0 Å².